The first-order valence-corrected chi connectivity index (χ1v) is 19.7. The number of aryl methyl sites for hydroxylation is 2. The van der Waals surface area contributed by atoms with Crippen LogP contribution in [0.25, 0.3) is 22.4 Å². The summed E-state index contributed by atoms with van der Waals surface area (Å²) in [7, 11) is 5.51. The van der Waals surface area contributed by atoms with E-state index in [2.05, 4.69) is 191 Å². The van der Waals surface area contributed by atoms with E-state index >= 15 is 0 Å². The lowest BCUT2D eigenvalue weighted by Crippen LogP contribution is -2.26. The number of fused-ring (bicyclic) bond motifs is 5. The summed E-state index contributed by atoms with van der Waals surface area (Å²) in [5, 5.41) is 2.75. The van der Waals surface area contributed by atoms with E-state index in [1.807, 2.05) is 18.1 Å². The van der Waals surface area contributed by atoms with Crippen LogP contribution in [0.2, 0.25) is 0 Å². The molecule has 5 aromatic carbocycles. The molecule has 0 fully saturated rings. The maximum atomic E-state index is 5.50. The second-order valence-corrected chi connectivity index (χ2v) is 16.8. The molecule has 0 bridgehead atoms. The first-order valence-electron chi connectivity index (χ1n) is 17.5. The Bertz CT molecular complexity index is 2590. The van der Waals surface area contributed by atoms with Gasteiger partial charge in [-0.15, -0.1) is 0 Å². The van der Waals surface area contributed by atoms with E-state index in [1.165, 1.54) is 31.5 Å². The van der Waals surface area contributed by atoms with Crippen LogP contribution < -0.4 is 25.0 Å². The lowest BCUT2D eigenvalue weighted by atomic mass is 10.0. The van der Waals surface area contributed by atoms with Crippen LogP contribution in [0.3, 0.4) is 0 Å². The fraction of sp³-hybridized carbons (Fsp3) is 0.0909. The molecule has 0 saturated carbocycles. The van der Waals surface area contributed by atoms with E-state index in [1.54, 1.807) is 0 Å². The summed E-state index contributed by atoms with van der Waals surface area (Å²) in [6.07, 6.45) is 4.18. The molecular formula is C44H36N6PS+. The summed E-state index contributed by atoms with van der Waals surface area (Å²) < 4.78 is 4.28. The van der Waals surface area contributed by atoms with Gasteiger partial charge in [-0.05, 0) is 78.2 Å². The van der Waals surface area contributed by atoms with Gasteiger partial charge < -0.3 is 4.90 Å². The van der Waals surface area contributed by atoms with Crippen LogP contribution in [0.15, 0.2) is 162 Å². The lowest BCUT2D eigenvalue weighted by molar-refractivity contribution is -0.647. The number of benzene rings is 5. The van der Waals surface area contributed by atoms with E-state index in [-0.39, 0.29) is 5.66 Å². The van der Waals surface area contributed by atoms with Gasteiger partial charge in [0.2, 0.25) is 0 Å². The fourth-order valence-corrected chi connectivity index (χ4v) is 12.2. The molecule has 6 nitrogen and oxygen atoms in total. The van der Waals surface area contributed by atoms with Crippen LogP contribution in [0.4, 0.5) is 28.6 Å². The highest BCUT2D eigenvalue weighted by Gasteiger charge is 2.36. The van der Waals surface area contributed by atoms with Crippen molar-refractivity contribution in [2.45, 2.75) is 15.4 Å². The van der Waals surface area contributed by atoms with Gasteiger partial charge in [-0.2, -0.15) is 0 Å². The molecule has 8 aromatic rings. The molecule has 2 aliphatic heterocycles. The van der Waals surface area contributed by atoms with Crippen molar-refractivity contribution >= 4 is 70.0 Å². The van der Waals surface area contributed by atoms with E-state index in [4.69, 9.17) is 4.98 Å². The summed E-state index contributed by atoms with van der Waals surface area (Å²) in [6.45, 7) is 0. The van der Waals surface area contributed by atoms with Gasteiger partial charge in [0, 0.05) is 28.2 Å². The zero-order valence-corrected chi connectivity index (χ0v) is 30.8. The molecule has 52 heavy (non-hydrogen) atoms. The Balaban J connectivity index is 1.19. The van der Waals surface area contributed by atoms with Crippen LogP contribution in [0.5, 0.6) is 0 Å². The number of aromatic amines is 1. The zero-order valence-electron chi connectivity index (χ0n) is 29.1. The third kappa shape index (κ3) is 4.84. The van der Waals surface area contributed by atoms with Crippen molar-refractivity contribution in [2.24, 2.45) is 14.1 Å². The monoisotopic (exact) mass is 711 g/mol. The van der Waals surface area contributed by atoms with Gasteiger partial charge >= 0.3 is 0 Å². The van der Waals surface area contributed by atoms with Crippen molar-refractivity contribution in [3.05, 3.63) is 163 Å². The molecule has 0 spiro atoms. The topological polar surface area (TPSA) is 44.0 Å². The number of pyridine rings is 1. The largest absolute Gasteiger partial charge is 0.340 e. The van der Waals surface area contributed by atoms with E-state index in [0.29, 0.717) is 0 Å². The second kappa shape index (κ2) is 12.3. The SMILES string of the molecule is CN1c2ccccc2N(c2ccc3c(c2)C(P(c2ccccc2)c2ccccc2)c2ccccc2S3)c2nc(-c3cn(C)c4c3[nH]c[n+]4C)ccc21. The predicted octanol–water partition coefficient (Wildman–Crippen LogP) is 9.63. The second-order valence-electron chi connectivity index (χ2n) is 13.5. The zero-order chi connectivity index (χ0) is 34.9. The summed E-state index contributed by atoms with van der Waals surface area (Å²) in [5.41, 5.74) is 11.6. The molecule has 0 radical (unpaired) electrons. The summed E-state index contributed by atoms with van der Waals surface area (Å²) in [4.78, 5) is 16.3. The maximum Gasteiger partial charge on any atom is 0.268 e. The molecule has 3 aromatic heterocycles. The first-order chi connectivity index (χ1) is 25.5. The Kier molecular flexibility index (Phi) is 7.34. The molecule has 1 unspecified atom stereocenters. The molecule has 5 heterocycles. The Morgan fingerprint density at radius 1 is 0.692 bits per heavy atom. The molecule has 0 saturated heterocycles. The number of imidazole rings is 1. The number of rotatable bonds is 5. The number of aromatic nitrogens is 4. The minimum absolute atomic E-state index is 0.167. The van der Waals surface area contributed by atoms with Gasteiger partial charge in [0.05, 0.1) is 48.6 Å². The molecule has 1 atom stereocenters. The van der Waals surface area contributed by atoms with E-state index < -0.39 is 7.92 Å². The Hall–Kier alpha value is -5.62. The van der Waals surface area contributed by atoms with Gasteiger partial charge in [0.15, 0.2) is 17.7 Å². The maximum absolute atomic E-state index is 5.50. The quantitative estimate of drug-likeness (QED) is 0.143. The number of para-hydroxylation sites is 2. The first kappa shape index (κ1) is 31.1. The Morgan fingerprint density at radius 3 is 2.13 bits per heavy atom. The van der Waals surface area contributed by atoms with Gasteiger partial charge in [-0.1, -0.05) is 103 Å². The van der Waals surface area contributed by atoms with Crippen molar-refractivity contribution < 1.29 is 4.57 Å². The minimum Gasteiger partial charge on any atom is -0.340 e. The third-order valence-corrected chi connectivity index (χ3v) is 14.3. The minimum atomic E-state index is -0.796. The Labute approximate surface area is 308 Å². The van der Waals surface area contributed by atoms with Crippen LogP contribution in [0.1, 0.15) is 16.8 Å². The number of hydrogen-bond donors (Lipinski definition) is 1. The Morgan fingerprint density at radius 2 is 1.37 bits per heavy atom. The average molecular weight is 712 g/mol. The predicted molar refractivity (Wildman–Crippen MR) is 216 cm³/mol. The van der Waals surface area contributed by atoms with Crippen LogP contribution in [-0.4, -0.2) is 21.6 Å². The van der Waals surface area contributed by atoms with Crippen LogP contribution >= 0.6 is 19.7 Å². The standard InChI is InChI=1S/C44H35N6PS/c1-47-27-34(41-44(47)48(2)28-45-41)35-23-24-38-43(46-35)50(37-20-12-11-19-36(37)49(38)3)29-22-25-40-33(26-29)42(32-18-10-13-21-39(32)52-40)51(30-14-6-4-7-15-30)31-16-8-5-9-17-31/h4-28,42H,1-3H3/p+1. The molecule has 10 rings (SSSR count). The van der Waals surface area contributed by atoms with Crippen LogP contribution in [0, 0.1) is 0 Å². The summed E-state index contributed by atoms with van der Waals surface area (Å²) >= 11 is 1.89. The van der Waals surface area contributed by atoms with Crippen molar-refractivity contribution in [2.75, 3.05) is 16.8 Å². The normalized spacial score (nSPS) is 14.7. The van der Waals surface area contributed by atoms with Gasteiger partial charge in [-0.3, -0.25) is 14.5 Å². The fourth-order valence-electron chi connectivity index (χ4n) is 8.03. The average Bonchev–Trinajstić information content (AvgIpc) is 3.75. The number of anilines is 5. The summed E-state index contributed by atoms with van der Waals surface area (Å²) in [5.74, 6) is 0.917. The van der Waals surface area contributed by atoms with E-state index in [0.717, 1.165) is 51.0 Å². The number of H-pyrrole nitrogens is 1. The smallest absolute Gasteiger partial charge is 0.268 e. The number of nitrogens with zero attached hydrogens (tertiary/aromatic N) is 5. The lowest BCUT2D eigenvalue weighted by Gasteiger charge is -2.39. The molecule has 8 heteroatoms. The molecular weight excluding hydrogens is 676 g/mol. The highest BCUT2D eigenvalue weighted by atomic mass is 32.2. The van der Waals surface area contributed by atoms with Gasteiger partial charge in [0.1, 0.15) is 0 Å². The number of nitrogens with one attached hydrogen (secondary N) is 1. The van der Waals surface area contributed by atoms with Gasteiger partial charge in [-0.25, -0.2) is 9.55 Å². The number of hydrogen-bond acceptors (Lipinski definition) is 4. The van der Waals surface area contributed by atoms with Crippen molar-refractivity contribution in [1.82, 2.24) is 14.5 Å². The molecule has 1 N–H and O–H groups in total. The highest BCUT2D eigenvalue weighted by Crippen LogP contribution is 2.61. The highest BCUT2D eigenvalue weighted by molar-refractivity contribution is 7.99. The van der Waals surface area contributed by atoms with Crippen molar-refractivity contribution in [1.29, 1.82) is 0 Å². The molecule has 0 amide bonds. The van der Waals surface area contributed by atoms with E-state index in [9.17, 15) is 0 Å². The molecule has 2 aliphatic rings. The summed E-state index contributed by atoms with van der Waals surface area (Å²) in [6, 6.07) is 51.4. The third-order valence-electron chi connectivity index (χ3n) is 10.4. The van der Waals surface area contributed by atoms with Crippen molar-refractivity contribution in [3.8, 4) is 11.3 Å². The van der Waals surface area contributed by atoms with Gasteiger partial charge in [0.25, 0.3) is 5.65 Å². The molecule has 252 valence electrons. The molecule has 0 aliphatic carbocycles. The van der Waals surface area contributed by atoms with Crippen LogP contribution in [-0.2, 0) is 14.1 Å². The van der Waals surface area contributed by atoms with Crippen molar-refractivity contribution in [3.63, 3.8) is 0 Å².